The van der Waals surface area contributed by atoms with E-state index in [0.29, 0.717) is 22.3 Å². The predicted octanol–water partition coefficient (Wildman–Crippen LogP) is 3.05. The number of thiophene rings is 1. The van der Waals surface area contributed by atoms with Crippen molar-refractivity contribution in [2.45, 2.75) is 38.9 Å². The molecule has 2 aromatic rings. The van der Waals surface area contributed by atoms with Crippen molar-refractivity contribution in [3.63, 3.8) is 0 Å². The third kappa shape index (κ3) is 4.89. The number of carbonyl (C=O) groups excluding carboxylic acids is 2. The molecule has 0 atom stereocenters. The van der Waals surface area contributed by atoms with Crippen LogP contribution in [-0.4, -0.2) is 52.7 Å². The van der Waals surface area contributed by atoms with Crippen LogP contribution < -0.4 is 5.32 Å². The highest BCUT2D eigenvalue weighted by Crippen LogP contribution is 2.37. The molecule has 1 aliphatic rings. The molecular weight excluding hydrogens is 396 g/mol. The van der Waals surface area contributed by atoms with Crippen LogP contribution in [0.2, 0.25) is 0 Å². The molecule has 0 aromatic carbocycles. The molecule has 0 aliphatic carbocycles. The van der Waals surface area contributed by atoms with Crippen LogP contribution in [0.4, 0.5) is 5.00 Å². The van der Waals surface area contributed by atoms with Crippen molar-refractivity contribution in [2.24, 2.45) is 0 Å². The summed E-state index contributed by atoms with van der Waals surface area (Å²) < 4.78 is 5.23. The number of ether oxygens (including phenoxy) is 1. The van der Waals surface area contributed by atoms with Crippen LogP contribution in [-0.2, 0) is 22.5 Å². The normalized spacial score (nSPS) is 13.9. The van der Waals surface area contributed by atoms with Crippen LogP contribution in [0.5, 0.6) is 0 Å². The SMILES string of the molecule is CCOC(=O)c1c(NC(=O)CSc2nc(C)cc(C)n2)sc2c1CCN(C)C2. The summed E-state index contributed by atoms with van der Waals surface area (Å²) in [6.07, 6.45) is 0.775. The highest BCUT2D eigenvalue weighted by atomic mass is 32.2. The first-order valence-corrected chi connectivity index (χ1v) is 10.9. The van der Waals surface area contributed by atoms with Crippen LogP contribution >= 0.6 is 23.1 Å². The maximum atomic E-state index is 12.5. The fourth-order valence-corrected chi connectivity index (χ4v) is 5.17. The fourth-order valence-electron chi connectivity index (χ4n) is 3.09. The smallest absolute Gasteiger partial charge is 0.341 e. The number of hydrogen-bond acceptors (Lipinski definition) is 8. The van der Waals surface area contributed by atoms with Crippen molar-refractivity contribution in [2.75, 3.05) is 31.3 Å². The quantitative estimate of drug-likeness (QED) is 0.437. The van der Waals surface area contributed by atoms with Crippen LogP contribution in [0.15, 0.2) is 11.2 Å². The summed E-state index contributed by atoms with van der Waals surface area (Å²) in [5, 5.41) is 4.05. The molecule has 2 aromatic heterocycles. The van der Waals surface area contributed by atoms with Gasteiger partial charge in [0.25, 0.3) is 0 Å². The first kappa shape index (κ1) is 20.8. The van der Waals surface area contributed by atoms with Gasteiger partial charge in [-0.1, -0.05) is 11.8 Å². The minimum absolute atomic E-state index is 0.174. The topological polar surface area (TPSA) is 84.4 Å². The van der Waals surface area contributed by atoms with Crippen molar-refractivity contribution >= 4 is 40.0 Å². The maximum absolute atomic E-state index is 12.5. The molecule has 28 heavy (non-hydrogen) atoms. The lowest BCUT2D eigenvalue weighted by Gasteiger charge is -2.22. The number of anilines is 1. The van der Waals surface area contributed by atoms with Gasteiger partial charge in [0.1, 0.15) is 5.00 Å². The third-order valence-electron chi connectivity index (χ3n) is 4.27. The Hall–Kier alpha value is -1.97. The number of nitrogens with one attached hydrogen (secondary N) is 1. The van der Waals surface area contributed by atoms with Crippen molar-refractivity contribution in [1.82, 2.24) is 14.9 Å². The number of nitrogens with zero attached hydrogens (tertiary/aromatic N) is 3. The van der Waals surface area contributed by atoms with Gasteiger partial charge >= 0.3 is 5.97 Å². The Bertz CT molecular complexity index is 877. The molecule has 0 bridgehead atoms. The first-order valence-electron chi connectivity index (χ1n) is 9.12. The van der Waals surface area contributed by atoms with Crippen LogP contribution in [0.25, 0.3) is 0 Å². The van der Waals surface area contributed by atoms with Gasteiger partial charge in [-0.2, -0.15) is 0 Å². The van der Waals surface area contributed by atoms with Crippen molar-refractivity contribution in [3.8, 4) is 0 Å². The lowest BCUT2D eigenvalue weighted by Crippen LogP contribution is -2.26. The largest absolute Gasteiger partial charge is 0.462 e. The molecule has 150 valence electrons. The van der Waals surface area contributed by atoms with Crippen LogP contribution in [0.3, 0.4) is 0 Å². The first-order chi connectivity index (χ1) is 13.4. The summed E-state index contributed by atoms with van der Waals surface area (Å²) in [7, 11) is 2.05. The average Bonchev–Trinajstić information content (AvgIpc) is 2.96. The van der Waals surface area contributed by atoms with Crippen molar-refractivity contribution in [3.05, 3.63) is 33.5 Å². The second kappa shape index (κ2) is 9.02. The second-order valence-corrected chi connectivity index (χ2v) is 8.73. The second-order valence-electron chi connectivity index (χ2n) is 6.69. The molecule has 0 saturated heterocycles. The Morgan fingerprint density at radius 1 is 1.32 bits per heavy atom. The number of likely N-dealkylation sites (N-methyl/N-ethyl adjacent to an activating group) is 1. The number of aromatic nitrogens is 2. The van der Waals surface area contributed by atoms with Crippen LogP contribution in [0.1, 0.15) is 39.1 Å². The van der Waals surface area contributed by atoms with E-state index >= 15 is 0 Å². The summed E-state index contributed by atoms with van der Waals surface area (Å²) in [5.74, 6) is -0.386. The zero-order chi connectivity index (χ0) is 20.3. The number of amides is 1. The summed E-state index contributed by atoms with van der Waals surface area (Å²) >= 11 is 2.74. The van der Waals surface area contributed by atoms with E-state index < -0.39 is 0 Å². The standard InChI is InChI=1S/C19H24N4O3S2/c1-5-26-18(25)16-13-6-7-23(4)9-14(13)28-17(16)22-15(24)10-27-19-20-11(2)8-12(3)21-19/h8H,5-7,9-10H2,1-4H3,(H,22,24). The molecule has 3 heterocycles. The Morgan fingerprint density at radius 3 is 2.71 bits per heavy atom. The van der Waals surface area contributed by atoms with E-state index in [2.05, 4.69) is 20.2 Å². The lowest BCUT2D eigenvalue weighted by atomic mass is 10.0. The summed E-state index contributed by atoms with van der Waals surface area (Å²) in [4.78, 5) is 37.0. The van der Waals surface area contributed by atoms with Gasteiger partial charge in [-0.25, -0.2) is 14.8 Å². The van der Waals surface area contributed by atoms with Gasteiger partial charge in [0.2, 0.25) is 5.91 Å². The predicted molar refractivity (Wildman–Crippen MR) is 111 cm³/mol. The van der Waals surface area contributed by atoms with Gasteiger partial charge in [0.15, 0.2) is 5.16 Å². The number of esters is 1. The number of thioether (sulfide) groups is 1. The summed E-state index contributed by atoms with van der Waals surface area (Å²) in [5.41, 5.74) is 3.25. The number of fused-ring (bicyclic) bond motifs is 1. The molecule has 0 radical (unpaired) electrons. The van der Waals surface area contributed by atoms with Gasteiger partial charge < -0.3 is 15.0 Å². The highest BCUT2D eigenvalue weighted by Gasteiger charge is 2.28. The molecule has 1 N–H and O–H groups in total. The van der Waals surface area contributed by atoms with Crippen molar-refractivity contribution < 1.29 is 14.3 Å². The molecule has 0 fully saturated rings. The van der Waals surface area contributed by atoms with Gasteiger partial charge in [-0.15, -0.1) is 11.3 Å². The zero-order valence-electron chi connectivity index (χ0n) is 16.5. The number of aryl methyl sites for hydroxylation is 2. The molecule has 7 nitrogen and oxygen atoms in total. The van der Waals surface area contributed by atoms with E-state index in [1.54, 1.807) is 6.92 Å². The summed E-state index contributed by atoms with van der Waals surface area (Å²) in [6.45, 7) is 7.53. The average molecular weight is 421 g/mol. The monoisotopic (exact) mass is 420 g/mol. The molecule has 0 spiro atoms. The van der Waals surface area contributed by atoms with E-state index in [-0.39, 0.29) is 17.6 Å². The van der Waals surface area contributed by atoms with E-state index in [0.717, 1.165) is 41.3 Å². The molecule has 0 unspecified atom stereocenters. The van der Waals surface area contributed by atoms with Crippen LogP contribution in [0, 0.1) is 13.8 Å². The third-order valence-corrected chi connectivity index (χ3v) is 6.25. The lowest BCUT2D eigenvalue weighted by molar-refractivity contribution is -0.113. The molecular formula is C19H24N4O3S2. The van der Waals surface area contributed by atoms with Gasteiger partial charge in [0.05, 0.1) is 17.9 Å². The van der Waals surface area contributed by atoms with Gasteiger partial charge in [-0.3, -0.25) is 4.79 Å². The molecule has 0 saturated carbocycles. The summed E-state index contributed by atoms with van der Waals surface area (Å²) in [6, 6.07) is 1.89. The number of rotatable bonds is 6. The molecule has 1 aliphatic heterocycles. The fraction of sp³-hybridized carbons (Fsp3) is 0.474. The van der Waals surface area contributed by atoms with Gasteiger partial charge in [0, 0.05) is 29.4 Å². The number of hydrogen-bond donors (Lipinski definition) is 1. The van der Waals surface area contributed by atoms with E-state index in [1.807, 2.05) is 27.0 Å². The van der Waals surface area contributed by atoms with E-state index in [4.69, 9.17) is 4.74 Å². The molecule has 1 amide bonds. The Morgan fingerprint density at radius 2 is 2.04 bits per heavy atom. The van der Waals surface area contributed by atoms with E-state index in [1.165, 1.54) is 23.1 Å². The minimum Gasteiger partial charge on any atom is -0.462 e. The molecule has 9 heteroatoms. The Kier molecular flexibility index (Phi) is 6.69. The number of carbonyl (C=O) groups is 2. The Labute approximate surface area is 172 Å². The van der Waals surface area contributed by atoms with E-state index in [9.17, 15) is 9.59 Å². The minimum atomic E-state index is -0.370. The highest BCUT2D eigenvalue weighted by molar-refractivity contribution is 7.99. The molecule has 3 rings (SSSR count). The van der Waals surface area contributed by atoms with Crippen molar-refractivity contribution in [1.29, 1.82) is 0 Å². The maximum Gasteiger partial charge on any atom is 0.341 e. The van der Waals surface area contributed by atoms with Gasteiger partial charge in [-0.05, 0) is 45.9 Å². The zero-order valence-corrected chi connectivity index (χ0v) is 18.1. The Balaban J connectivity index is 1.75.